The van der Waals surface area contributed by atoms with Crippen molar-refractivity contribution < 1.29 is 0 Å². The molecule has 3 heteroatoms. The molecule has 0 radical (unpaired) electrons. The van der Waals surface area contributed by atoms with E-state index in [1.54, 1.807) is 0 Å². The van der Waals surface area contributed by atoms with Gasteiger partial charge in [0.15, 0.2) is 0 Å². The van der Waals surface area contributed by atoms with Gasteiger partial charge in [-0.1, -0.05) is 0 Å². The van der Waals surface area contributed by atoms with Crippen LogP contribution in [0.5, 0.6) is 0 Å². The minimum atomic E-state index is 0.655. The minimum absolute atomic E-state index is 0.655. The molecule has 0 aromatic heterocycles. The van der Waals surface area contributed by atoms with Gasteiger partial charge in [0.2, 0.25) is 0 Å². The van der Waals surface area contributed by atoms with E-state index in [1.165, 1.54) is 19.3 Å². The summed E-state index contributed by atoms with van der Waals surface area (Å²) in [5.41, 5.74) is 6.18. The standard InChI is InChI=1S/C7H13N3/c1-2-7(10-8-5-1)9-6-3-4-6/h6,8H,1-5H2,(H,9,10). The van der Waals surface area contributed by atoms with Crippen LogP contribution in [-0.4, -0.2) is 18.4 Å². The van der Waals surface area contributed by atoms with E-state index >= 15 is 0 Å². The molecule has 0 aromatic rings. The van der Waals surface area contributed by atoms with Gasteiger partial charge in [-0.25, -0.2) is 5.43 Å². The number of rotatable bonds is 1. The summed E-state index contributed by atoms with van der Waals surface area (Å²) in [5, 5.41) is 0. The molecule has 2 rings (SSSR count). The van der Waals surface area contributed by atoms with Crippen LogP contribution in [0.1, 0.15) is 25.7 Å². The molecular weight excluding hydrogens is 126 g/mol. The first-order chi connectivity index (χ1) is 4.95. The molecule has 2 aliphatic rings. The molecule has 0 atom stereocenters. The zero-order valence-corrected chi connectivity index (χ0v) is 6.06. The van der Waals surface area contributed by atoms with Crippen molar-refractivity contribution in [3.8, 4) is 0 Å². The monoisotopic (exact) mass is 139 g/mol. The van der Waals surface area contributed by atoms with Gasteiger partial charge in [0.1, 0.15) is 5.84 Å². The fourth-order valence-electron chi connectivity index (χ4n) is 1.09. The summed E-state index contributed by atoms with van der Waals surface area (Å²) in [6, 6.07) is 0.655. The minimum Gasteiger partial charge on any atom is -0.310 e. The lowest BCUT2D eigenvalue weighted by Gasteiger charge is -2.16. The van der Waals surface area contributed by atoms with Gasteiger partial charge in [-0.05, 0) is 19.3 Å². The maximum atomic E-state index is 4.49. The van der Waals surface area contributed by atoms with E-state index in [2.05, 4.69) is 15.8 Å². The number of hydrogen-bond acceptors (Lipinski definition) is 2. The fourth-order valence-corrected chi connectivity index (χ4v) is 1.09. The van der Waals surface area contributed by atoms with Crippen molar-refractivity contribution in [2.24, 2.45) is 4.99 Å². The summed E-state index contributed by atoms with van der Waals surface area (Å²) < 4.78 is 0. The number of hydrazine groups is 1. The van der Waals surface area contributed by atoms with Crippen LogP contribution < -0.4 is 10.9 Å². The summed E-state index contributed by atoms with van der Waals surface area (Å²) in [5.74, 6) is 1.16. The Labute approximate surface area is 60.9 Å². The van der Waals surface area contributed by atoms with Crippen LogP contribution in [0.4, 0.5) is 0 Å². The van der Waals surface area contributed by atoms with Crippen LogP contribution in [0.15, 0.2) is 4.99 Å². The molecule has 2 fully saturated rings. The van der Waals surface area contributed by atoms with E-state index in [1.807, 2.05) is 0 Å². The van der Waals surface area contributed by atoms with Gasteiger partial charge in [0, 0.05) is 13.0 Å². The number of nitrogens with zero attached hydrogens (tertiary/aromatic N) is 1. The lowest BCUT2D eigenvalue weighted by Crippen LogP contribution is -2.42. The predicted octanol–water partition coefficient (Wildman–Crippen LogP) is 0.435. The second-order valence-electron chi connectivity index (χ2n) is 2.96. The Morgan fingerprint density at radius 3 is 2.90 bits per heavy atom. The first kappa shape index (κ1) is 6.16. The summed E-state index contributed by atoms with van der Waals surface area (Å²) in [6.07, 6.45) is 4.94. The molecule has 10 heavy (non-hydrogen) atoms. The Morgan fingerprint density at radius 2 is 2.30 bits per heavy atom. The molecular formula is C7H13N3. The number of amidine groups is 1. The van der Waals surface area contributed by atoms with Crippen molar-refractivity contribution in [2.75, 3.05) is 6.54 Å². The summed E-state index contributed by atoms with van der Waals surface area (Å²) in [6.45, 7) is 1.07. The molecule has 3 nitrogen and oxygen atoms in total. The van der Waals surface area contributed by atoms with Crippen molar-refractivity contribution in [3.05, 3.63) is 0 Å². The van der Waals surface area contributed by atoms with Gasteiger partial charge in [-0.3, -0.25) is 4.99 Å². The van der Waals surface area contributed by atoms with E-state index in [4.69, 9.17) is 0 Å². The van der Waals surface area contributed by atoms with E-state index in [9.17, 15) is 0 Å². The molecule has 56 valence electrons. The SMILES string of the molecule is C1CNNC(=NC2CC2)C1. The first-order valence-electron chi connectivity index (χ1n) is 4.01. The molecule has 0 bridgehead atoms. The highest BCUT2D eigenvalue weighted by molar-refractivity contribution is 5.82. The molecule has 0 amide bonds. The highest BCUT2D eigenvalue weighted by atomic mass is 15.4. The average Bonchev–Trinajstić information content (AvgIpc) is 2.74. The predicted molar refractivity (Wildman–Crippen MR) is 40.8 cm³/mol. The van der Waals surface area contributed by atoms with Gasteiger partial charge in [-0.2, -0.15) is 0 Å². The van der Waals surface area contributed by atoms with Gasteiger partial charge >= 0.3 is 0 Å². The van der Waals surface area contributed by atoms with Crippen molar-refractivity contribution in [2.45, 2.75) is 31.7 Å². The largest absolute Gasteiger partial charge is 0.310 e. The Balaban J connectivity index is 1.88. The molecule has 1 saturated heterocycles. The van der Waals surface area contributed by atoms with E-state index in [0.29, 0.717) is 6.04 Å². The molecule has 1 saturated carbocycles. The fraction of sp³-hybridized carbons (Fsp3) is 0.857. The van der Waals surface area contributed by atoms with Crippen LogP contribution in [0.3, 0.4) is 0 Å². The molecule has 1 aliphatic carbocycles. The van der Waals surface area contributed by atoms with E-state index in [-0.39, 0.29) is 0 Å². The van der Waals surface area contributed by atoms with Gasteiger partial charge < -0.3 is 5.43 Å². The Morgan fingerprint density at radius 1 is 1.40 bits per heavy atom. The quantitative estimate of drug-likeness (QED) is 0.553. The third-order valence-corrected chi connectivity index (χ3v) is 1.83. The zero-order valence-electron chi connectivity index (χ0n) is 6.06. The number of hydrogen-bond donors (Lipinski definition) is 2. The van der Waals surface area contributed by atoms with Crippen LogP contribution >= 0.6 is 0 Å². The van der Waals surface area contributed by atoms with Crippen molar-refractivity contribution >= 4 is 5.84 Å². The normalized spacial score (nSPS) is 30.2. The highest BCUT2D eigenvalue weighted by Gasteiger charge is 2.21. The van der Waals surface area contributed by atoms with Crippen LogP contribution in [0.25, 0.3) is 0 Å². The second kappa shape index (κ2) is 2.58. The van der Waals surface area contributed by atoms with Crippen molar-refractivity contribution in [1.29, 1.82) is 0 Å². The summed E-state index contributed by atoms with van der Waals surface area (Å²) in [4.78, 5) is 4.49. The molecule has 0 spiro atoms. The summed E-state index contributed by atoms with van der Waals surface area (Å²) >= 11 is 0. The van der Waals surface area contributed by atoms with Crippen molar-refractivity contribution in [3.63, 3.8) is 0 Å². The Bertz CT molecular complexity index is 141. The summed E-state index contributed by atoms with van der Waals surface area (Å²) in [7, 11) is 0. The molecule has 1 heterocycles. The van der Waals surface area contributed by atoms with Gasteiger partial charge in [0.25, 0.3) is 0 Å². The van der Waals surface area contributed by atoms with E-state index in [0.717, 1.165) is 18.8 Å². The molecule has 0 aromatic carbocycles. The van der Waals surface area contributed by atoms with Crippen molar-refractivity contribution in [1.82, 2.24) is 10.9 Å². The molecule has 2 N–H and O–H groups in total. The van der Waals surface area contributed by atoms with Crippen LogP contribution in [0.2, 0.25) is 0 Å². The zero-order chi connectivity index (χ0) is 6.81. The van der Waals surface area contributed by atoms with Crippen LogP contribution in [0, 0.1) is 0 Å². The Kier molecular flexibility index (Phi) is 1.59. The molecule has 1 aliphatic heterocycles. The third kappa shape index (κ3) is 1.48. The van der Waals surface area contributed by atoms with Gasteiger partial charge in [-0.15, -0.1) is 0 Å². The second-order valence-corrected chi connectivity index (χ2v) is 2.96. The Hall–Kier alpha value is -0.570. The maximum absolute atomic E-state index is 4.49. The number of nitrogens with one attached hydrogen (secondary N) is 2. The first-order valence-corrected chi connectivity index (χ1v) is 4.01. The lowest BCUT2D eigenvalue weighted by molar-refractivity contribution is 0.574. The lowest BCUT2D eigenvalue weighted by atomic mass is 10.2. The smallest absolute Gasteiger partial charge is 0.111 e. The van der Waals surface area contributed by atoms with Crippen LogP contribution in [-0.2, 0) is 0 Å². The van der Waals surface area contributed by atoms with Gasteiger partial charge in [0.05, 0.1) is 6.04 Å². The average molecular weight is 139 g/mol. The molecule has 0 unspecified atom stereocenters. The van der Waals surface area contributed by atoms with E-state index < -0.39 is 0 Å². The maximum Gasteiger partial charge on any atom is 0.111 e. The highest BCUT2D eigenvalue weighted by Crippen LogP contribution is 2.23. The third-order valence-electron chi connectivity index (χ3n) is 1.83. The topological polar surface area (TPSA) is 36.4 Å². The number of aliphatic imine (C=N–C) groups is 1.